The van der Waals surface area contributed by atoms with E-state index >= 15 is 0 Å². The molecule has 5 heteroatoms. The largest absolute Gasteiger partial charge is 0.364 e. The summed E-state index contributed by atoms with van der Waals surface area (Å²) in [6.07, 6.45) is 6.48. The summed E-state index contributed by atoms with van der Waals surface area (Å²) >= 11 is 1.89. The molecule has 3 rings (SSSR count). The fourth-order valence-corrected chi connectivity index (χ4v) is 4.47. The number of para-hydroxylation sites is 1. The van der Waals surface area contributed by atoms with Gasteiger partial charge in [0.05, 0.1) is 11.8 Å². The molecule has 1 saturated heterocycles. The van der Waals surface area contributed by atoms with Gasteiger partial charge < -0.3 is 15.8 Å². The van der Waals surface area contributed by atoms with E-state index in [2.05, 4.69) is 11.4 Å². The lowest BCUT2D eigenvalue weighted by Crippen LogP contribution is -2.30. The number of nitrogens with one attached hydrogen (secondary N) is 1. The normalized spacial score (nSPS) is 25.5. The molecule has 3 N–H and O–H groups in total. The zero-order valence-electron chi connectivity index (χ0n) is 12.8. The second kappa shape index (κ2) is 7.49. The Morgan fingerprint density at radius 3 is 2.73 bits per heavy atom. The highest BCUT2D eigenvalue weighted by Gasteiger charge is 2.30. The van der Waals surface area contributed by atoms with Crippen molar-refractivity contribution in [2.45, 2.75) is 60.9 Å². The van der Waals surface area contributed by atoms with Gasteiger partial charge in [0.1, 0.15) is 6.10 Å². The first kappa shape index (κ1) is 15.8. The van der Waals surface area contributed by atoms with Crippen molar-refractivity contribution in [2.75, 3.05) is 11.9 Å². The summed E-state index contributed by atoms with van der Waals surface area (Å²) in [5.41, 5.74) is 6.51. The van der Waals surface area contributed by atoms with Gasteiger partial charge in [0, 0.05) is 16.7 Å². The van der Waals surface area contributed by atoms with Crippen LogP contribution in [0, 0.1) is 0 Å². The van der Waals surface area contributed by atoms with Crippen molar-refractivity contribution >= 4 is 23.4 Å². The number of benzene rings is 1. The number of thioether (sulfide) groups is 1. The molecule has 0 unspecified atom stereocenters. The second-order valence-electron chi connectivity index (χ2n) is 6.07. The van der Waals surface area contributed by atoms with Crippen molar-refractivity contribution in [3.8, 4) is 0 Å². The van der Waals surface area contributed by atoms with Gasteiger partial charge in [-0.15, -0.1) is 11.8 Å². The molecule has 1 amide bonds. The van der Waals surface area contributed by atoms with Crippen molar-refractivity contribution in [3.63, 3.8) is 0 Å². The smallest absolute Gasteiger partial charge is 0.253 e. The van der Waals surface area contributed by atoms with E-state index in [9.17, 15) is 4.79 Å². The molecular weight excluding hydrogens is 296 g/mol. The quantitative estimate of drug-likeness (QED) is 0.874. The van der Waals surface area contributed by atoms with Crippen molar-refractivity contribution in [2.24, 2.45) is 5.73 Å². The van der Waals surface area contributed by atoms with Crippen LogP contribution in [-0.4, -0.2) is 29.9 Å². The molecule has 0 aromatic heterocycles. The Morgan fingerprint density at radius 2 is 2.00 bits per heavy atom. The Kier molecular flexibility index (Phi) is 5.39. The van der Waals surface area contributed by atoms with Gasteiger partial charge >= 0.3 is 0 Å². The number of nitrogens with two attached hydrogens (primary N) is 1. The number of hydrogen-bond acceptors (Lipinski definition) is 4. The highest BCUT2D eigenvalue weighted by Crippen LogP contribution is 2.38. The van der Waals surface area contributed by atoms with Crippen LogP contribution < -0.4 is 11.1 Å². The molecule has 2 aliphatic rings. The summed E-state index contributed by atoms with van der Waals surface area (Å²) in [6, 6.07) is 8.07. The van der Waals surface area contributed by atoms with Gasteiger partial charge in [-0.1, -0.05) is 25.0 Å². The lowest BCUT2D eigenvalue weighted by molar-refractivity contribution is -0.126. The minimum atomic E-state index is -0.363. The van der Waals surface area contributed by atoms with Crippen LogP contribution in [0.5, 0.6) is 0 Å². The van der Waals surface area contributed by atoms with Gasteiger partial charge in [-0.3, -0.25) is 4.79 Å². The van der Waals surface area contributed by atoms with E-state index in [1.807, 2.05) is 30.0 Å². The lowest BCUT2D eigenvalue weighted by Gasteiger charge is -2.16. The fourth-order valence-electron chi connectivity index (χ4n) is 3.14. The predicted octanol–water partition coefficient (Wildman–Crippen LogP) is 3.17. The summed E-state index contributed by atoms with van der Waals surface area (Å²) < 4.78 is 5.67. The average molecular weight is 320 g/mol. The molecule has 1 aliphatic carbocycles. The summed E-state index contributed by atoms with van der Waals surface area (Å²) in [7, 11) is 0. The first-order chi connectivity index (χ1) is 10.8. The molecule has 1 aromatic rings. The fraction of sp³-hybridized carbons (Fsp3) is 0.588. The molecule has 0 spiro atoms. The number of carbonyl (C=O) groups is 1. The molecular formula is C17H24N2O2S. The number of anilines is 1. The molecule has 1 heterocycles. The molecule has 4 nitrogen and oxygen atoms in total. The molecule has 2 atom stereocenters. The van der Waals surface area contributed by atoms with Crippen LogP contribution in [0.15, 0.2) is 29.2 Å². The number of ether oxygens (including phenoxy) is 1. The second-order valence-corrected chi connectivity index (χ2v) is 7.41. The van der Waals surface area contributed by atoms with Crippen LogP contribution in [-0.2, 0) is 9.53 Å². The Hall–Kier alpha value is -1.04. The SMILES string of the molecule is NC[C@H]1CC[C@@H](C(=O)Nc2ccccc2SC2CCCC2)O1. The van der Waals surface area contributed by atoms with Gasteiger partial charge in [0.2, 0.25) is 0 Å². The summed E-state index contributed by atoms with van der Waals surface area (Å²) in [5, 5.41) is 3.73. The third-order valence-corrected chi connectivity index (χ3v) is 5.82. The number of carbonyl (C=O) groups excluding carboxylic acids is 1. The number of rotatable bonds is 5. The minimum absolute atomic E-state index is 0.0267. The zero-order valence-corrected chi connectivity index (χ0v) is 13.6. The highest BCUT2D eigenvalue weighted by molar-refractivity contribution is 8.00. The first-order valence-corrected chi connectivity index (χ1v) is 9.06. The van der Waals surface area contributed by atoms with Gasteiger partial charge in [-0.05, 0) is 37.8 Å². The third kappa shape index (κ3) is 3.83. The van der Waals surface area contributed by atoms with Crippen LogP contribution in [0.1, 0.15) is 38.5 Å². The highest BCUT2D eigenvalue weighted by atomic mass is 32.2. The third-order valence-electron chi connectivity index (χ3n) is 4.40. The van der Waals surface area contributed by atoms with E-state index < -0.39 is 0 Å². The maximum atomic E-state index is 12.4. The van der Waals surface area contributed by atoms with Crippen molar-refractivity contribution in [1.29, 1.82) is 0 Å². The number of hydrogen-bond donors (Lipinski definition) is 2. The van der Waals surface area contributed by atoms with Crippen LogP contribution in [0.25, 0.3) is 0 Å². The van der Waals surface area contributed by atoms with Crippen LogP contribution in [0.2, 0.25) is 0 Å². The van der Waals surface area contributed by atoms with Gasteiger partial charge in [-0.2, -0.15) is 0 Å². The monoisotopic (exact) mass is 320 g/mol. The minimum Gasteiger partial charge on any atom is -0.364 e. The molecule has 1 saturated carbocycles. The molecule has 120 valence electrons. The van der Waals surface area contributed by atoms with E-state index in [4.69, 9.17) is 10.5 Å². The van der Waals surface area contributed by atoms with Crippen LogP contribution in [0.4, 0.5) is 5.69 Å². The maximum absolute atomic E-state index is 12.4. The van der Waals surface area contributed by atoms with Gasteiger partial charge in [0.15, 0.2) is 0 Å². The predicted molar refractivity (Wildman–Crippen MR) is 90.1 cm³/mol. The van der Waals surface area contributed by atoms with Gasteiger partial charge in [0.25, 0.3) is 5.91 Å². The van der Waals surface area contributed by atoms with E-state index in [-0.39, 0.29) is 18.1 Å². The molecule has 1 aliphatic heterocycles. The Labute approximate surface area is 136 Å². The van der Waals surface area contributed by atoms with Gasteiger partial charge in [-0.25, -0.2) is 0 Å². The summed E-state index contributed by atoms with van der Waals surface area (Å²) in [6.45, 7) is 0.484. The summed E-state index contributed by atoms with van der Waals surface area (Å²) in [5.74, 6) is -0.0459. The van der Waals surface area contributed by atoms with E-state index in [1.54, 1.807) is 0 Å². The topological polar surface area (TPSA) is 64.4 Å². The average Bonchev–Trinajstić information content (AvgIpc) is 3.20. The molecule has 0 radical (unpaired) electrons. The van der Waals surface area contributed by atoms with Crippen molar-refractivity contribution < 1.29 is 9.53 Å². The number of amides is 1. The molecule has 1 aromatic carbocycles. The lowest BCUT2D eigenvalue weighted by atomic mass is 10.2. The Bertz CT molecular complexity index is 517. The van der Waals surface area contributed by atoms with E-state index in [1.165, 1.54) is 25.7 Å². The van der Waals surface area contributed by atoms with Crippen LogP contribution in [0.3, 0.4) is 0 Å². The molecule has 0 bridgehead atoms. The first-order valence-electron chi connectivity index (χ1n) is 8.18. The molecule has 2 fully saturated rings. The Morgan fingerprint density at radius 1 is 1.23 bits per heavy atom. The Balaban J connectivity index is 1.63. The van der Waals surface area contributed by atoms with Crippen molar-refractivity contribution in [1.82, 2.24) is 0 Å². The van der Waals surface area contributed by atoms with Crippen LogP contribution >= 0.6 is 11.8 Å². The zero-order chi connectivity index (χ0) is 15.4. The van der Waals surface area contributed by atoms with E-state index in [0.717, 1.165) is 23.4 Å². The maximum Gasteiger partial charge on any atom is 0.253 e. The summed E-state index contributed by atoms with van der Waals surface area (Å²) in [4.78, 5) is 13.5. The molecule has 22 heavy (non-hydrogen) atoms. The standard InChI is InChI=1S/C17H24N2O2S/c18-11-12-9-10-15(21-12)17(20)19-14-7-3-4-8-16(14)22-13-5-1-2-6-13/h3-4,7-8,12-13,15H,1-2,5-6,9-11,18H2,(H,19,20)/t12-,15+/m1/s1. The van der Waals surface area contributed by atoms with Crippen molar-refractivity contribution in [3.05, 3.63) is 24.3 Å². The van der Waals surface area contributed by atoms with E-state index in [0.29, 0.717) is 11.8 Å².